The number of anilines is 1. The molecule has 112 valence electrons. The van der Waals surface area contributed by atoms with Gasteiger partial charge in [-0.15, -0.1) is 0 Å². The average molecular weight is 289 g/mol. The minimum atomic E-state index is -0.223. The highest BCUT2D eigenvalue weighted by atomic mass is 16.7. The van der Waals surface area contributed by atoms with E-state index in [1.54, 1.807) is 19.4 Å². The summed E-state index contributed by atoms with van der Waals surface area (Å²) in [5.41, 5.74) is 2.10. The van der Waals surface area contributed by atoms with E-state index in [0.29, 0.717) is 11.6 Å². The lowest BCUT2D eigenvalue weighted by molar-refractivity contribution is -0.0756. The summed E-state index contributed by atoms with van der Waals surface area (Å²) in [4.78, 5) is 21.8. The average Bonchev–Trinajstić information content (AvgIpc) is 3.22. The molecule has 2 aromatic rings. The van der Waals surface area contributed by atoms with Crippen molar-refractivity contribution in [1.29, 1.82) is 0 Å². The Hall–Kier alpha value is -2.15. The van der Waals surface area contributed by atoms with Crippen LogP contribution in [0.4, 0.5) is 5.69 Å². The monoisotopic (exact) mass is 289 g/mol. The summed E-state index contributed by atoms with van der Waals surface area (Å²) < 4.78 is 1.82. The summed E-state index contributed by atoms with van der Waals surface area (Å²) in [7, 11) is 3.05. The number of hydroxylamine groups is 2. The Bertz CT molecular complexity index is 677. The first-order chi connectivity index (χ1) is 10.2. The zero-order valence-electron chi connectivity index (χ0n) is 12.5. The van der Waals surface area contributed by atoms with E-state index in [0.717, 1.165) is 36.1 Å². The number of rotatable bonds is 5. The maximum atomic E-state index is 12.4. The zero-order valence-corrected chi connectivity index (χ0v) is 12.5. The van der Waals surface area contributed by atoms with Crippen LogP contribution < -0.4 is 5.32 Å². The number of fused-ring (bicyclic) bond motifs is 1. The van der Waals surface area contributed by atoms with Crippen LogP contribution in [0.5, 0.6) is 0 Å². The zero-order chi connectivity index (χ0) is 15.0. The molecule has 1 fully saturated rings. The van der Waals surface area contributed by atoms with Gasteiger partial charge in [0, 0.05) is 25.8 Å². The van der Waals surface area contributed by atoms with Gasteiger partial charge in [-0.05, 0) is 19.8 Å². The van der Waals surface area contributed by atoms with Crippen molar-refractivity contribution in [3.05, 3.63) is 18.0 Å². The van der Waals surface area contributed by atoms with Crippen LogP contribution in [0.2, 0.25) is 0 Å². The summed E-state index contributed by atoms with van der Waals surface area (Å²) in [5, 5.41) is 9.83. The van der Waals surface area contributed by atoms with Gasteiger partial charge in [0.1, 0.15) is 0 Å². The van der Waals surface area contributed by atoms with Gasteiger partial charge < -0.3 is 5.32 Å². The second kappa shape index (κ2) is 5.33. The normalized spacial score (nSPS) is 14.4. The van der Waals surface area contributed by atoms with Crippen LogP contribution in [0, 0.1) is 0 Å². The van der Waals surface area contributed by atoms with Crippen molar-refractivity contribution in [2.75, 3.05) is 19.5 Å². The summed E-state index contributed by atoms with van der Waals surface area (Å²) in [6, 6.07) is 0.431. The molecule has 1 aliphatic rings. The molecule has 1 saturated carbocycles. The van der Waals surface area contributed by atoms with Gasteiger partial charge in [-0.2, -0.15) is 5.10 Å². The van der Waals surface area contributed by atoms with E-state index < -0.39 is 0 Å². The fraction of sp³-hybridized carbons (Fsp3) is 0.500. The lowest BCUT2D eigenvalue weighted by Crippen LogP contribution is -2.26. The third kappa shape index (κ3) is 2.44. The van der Waals surface area contributed by atoms with Crippen molar-refractivity contribution in [3.8, 4) is 0 Å². The molecule has 0 spiro atoms. The van der Waals surface area contributed by atoms with Crippen LogP contribution >= 0.6 is 0 Å². The Kier molecular flexibility index (Phi) is 3.50. The Balaban J connectivity index is 2.12. The van der Waals surface area contributed by atoms with Crippen LogP contribution in [0.15, 0.2) is 12.4 Å². The van der Waals surface area contributed by atoms with Crippen molar-refractivity contribution < 1.29 is 9.63 Å². The van der Waals surface area contributed by atoms with Crippen molar-refractivity contribution in [3.63, 3.8) is 0 Å². The molecule has 0 unspecified atom stereocenters. The fourth-order valence-corrected chi connectivity index (χ4v) is 2.26. The molecular formula is C14H19N5O2. The van der Waals surface area contributed by atoms with Gasteiger partial charge in [0.05, 0.1) is 29.9 Å². The van der Waals surface area contributed by atoms with Crippen molar-refractivity contribution >= 4 is 22.6 Å². The molecule has 0 aromatic carbocycles. The third-order valence-corrected chi connectivity index (χ3v) is 3.68. The number of carbonyl (C=O) groups excluding carboxylic acids is 1. The Morgan fingerprint density at radius 1 is 1.52 bits per heavy atom. The largest absolute Gasteiger partial charge is 0.381 e. The van der Waals surface area contributed by atoms with Crippen LogP contribution in [0.3, 0.4) is 0 Å². The lowest BCUT2D eigenvalue weighted by Gasteiger charge is -2.17. The first-order valence-electron chi connectivity index (χ1n) is 7.09. The van der Waals surface area contributed by atoms with E-state index >= 15 is 0 Å². The molecular weight excluding hydrogens is 270 g/mol. The maximum absolute atomic E-state index is 12.4. The Morgan fingerprint density at radius 3 is 2.90 bits per heavy atom. The van der Waals surface area contributed by atoms with E-state index in [4.69, 9.17) is 4.84 Å². The molecule has 0 radical (unpaired) electrons. The number of aryl methyl sites for hydroxylation is 1. The molecule has 1 N–H and O–H groups in total. The number of pyridine rings is 1. The van der Waals surface area contributed by atoms with E-state index in [1.165, 1.54) is 12.2 Å². The molecule has 1 aliphatic carbocycles. The van der Waals surface area contributed by atoms with E-state index in [1.807, 2.05) is 11.6 Å². The topological polar surface area (TPSA) is 72.3 Å². The minimum absolute atomic E-state index is 0.223. The second-order valence-electron chi connectivity index (χ2n) is 5.15. The minimum Gasteiger partial charge on any atom is -0.381 e. The van der Waals surface area contributed by atoms with Gasteiger partial charge in [0.25, 0.3) is 5.91 Å². The first-order valence-corrected chi connectivity index (χ1v) is 7.09. The SMILES string of the molecule is CCn1ncc2c(NC3CC3)c(C(=O)N(C)OC)cnc21. The third-order valence-electron chi connectivity index (χ3n) is 3.68. The van der Waals surface area contributed by atoms with Crippen LogP contribution in [0.25, 0.3) is 11.0 Å². The Morgan fingerprint density at radius 2 is 2.29 bits per heavy atom. The highest BCUT2D eigenvalue weighted by Crippen LogP contribution is 2.32. The van der Waals surface area contributed by atoms with E-state index in [9.17, 15) is 4.79 Å². The maximum Gasteiger partial charge on any atom is 0.280 e. The van der Waals surface area contributed by atoms with Gasteiger partial charge in [-0.25, -0.2) is 14.7 Å². The number of carbonyl (C=O) groups is 1. The molecule has 3 rings (SSSR count). The number of nitrogens with one attached hydrogen (secondary N) is 1. The quantitative estimate of drug-likeness (QED) is 0.847. The number of amides is 1. The van der Waals surface area contributed by atoms with Crippen molar-refractivity contribution in [1.82, 2.24) is 19.8 Å². The summed E-state index contributed by atoms with van der Waals surface area (Å²) in [5.74, 6) is -0.223. The molecule has 0 atom stereocenters. The number of hydrogen-bond donors (Lipinski definition) is 1. The number of hydrogen-bond acceptors (Lipinski definition) is 5. The van der Waals surface area contributed by atoms with Crippen LogP contribution in [0.1, 0.15) is 30.1 Å². The van der Waals surface area contributed by atoms with Crippen molar-refractivity contribution in [2.45, 2.75) is 32.4 Å². The van der Waals surface area contributed by atoms with Gasteiger partial charge >= 0.3 is 0 Å². The molecule has 1 amide bonds. The van der Waals surface area contributed by atoms with Gasteiger partial charge in [0.15, 0.2) is 5.65 Å². The molecule has 0 aliphatic heterocycles. The lowest BCUT2D eigenvalue weighted by atomic mass is 10.1. The van der Waals surface area contributed by atoms with Gasteiger partial charge in [-0.1, -0.05) is 0 Å². The molecule has 0 saturated heterocycles. The van der Waals surface area contributed by atoms with E-state index in [-0.39, 0.29) is 5.91 Å². The summed E-state index contributed by atoms with van der Waals surface area (Å²) >= 11 is 0. The highest BCUT2D eigenvalue weighted by Gasteiger charge is 2.27. The highest BCUT2D eigenvalue weighted by molar-refractivity contribution is 6.06. The van der Waals surface area contributed by atoms with E-state index in [2.05, 4.69) is 15.4 Å². The Labute approximate surface area is 122 Å². The molecule has 7 heteroatoms. The molecule has 0 bridgehead atoms. The van der Waals surface area contributed by atoms with Gasteiger partial charge in [-0.3, -0.25) is 9.63 Å². The van der Waals surface area contributed by atoms with Gasteiger partial charge in [0.2, 0.25) is 0 Å². The molecule has 21 heavy (non-hydrogen) atoms. The molecule has 7 nitrogen and oxygen atoms in total. The van der Waals surface area contributed by atoms with Crippen LogP contribution in [-0.4, -0.2) is 45.9 Å². The standard InChI is InChI=1S/C14H19N5O2/c1-4-19-13-10(8-16-19)12(17-9-5-6-9)11(7-15-13)14(20)18(2)21-3/h7-9H,4-6H2,1-3H3,(H,15,17). The first kappa shape index (κ1) is 13.8. The number of aromatic nitrogens is 3. The van der Waals surface area contributed by atoms with Crippen molar-refractivity contribution in [2.24, 2.45) is 0 Å². The predicted octanol–water partition coefficient (Wildman–Crippen LogP) is 1.66. The number of nitrogens with zero attached hydrogens (tertiary/aromatic N) is 4. The molecule has 2 heterocycles. The summed E-state index contributed by atoms with van der Waals surface area (Å²) in [6.45, 7) is 2.75. The molecule has 2 aromatic heterocycles. The second-order valence-corrected chi connectivity index (χ2v) is 5.15. The fourth-order valence-electron chi connectivity index (χ4n) is 2.26. The predicted molar refractivity (Wildman–Crippen MR) is 78.9 cm³/mol. The smallest absolute Gasteiger partial charge is 0.280 e. The van der Waals surface area contributed by atoms with Crippen LogP contribution in [-0.2, 0) is 11.4 Å². The summed E-state index contributed by atoms with van der Waals surface area (Å²) in [6.07, 6.45) is 5.61.